The number of benzene rings is 12. The van der Waals surface area contributed by atoms with E-state index in [4.69, 9.17) is 17.9 Å². The zero-order valence-electron chi connectivity index (χ0n) is 59.6. The standard InChI is InChI=1S/C82H58BN7O/c1-82(2,3)56-47-48-84-75(49-56)90-72-51-62(91-61-36-21-35-60(50-61)85-53-86(67-40-20-19-39-66(67)85)80-63(54-25-9-4-10-26-54)37-22-38-64(80)55-27-11-5-12-28-55)45-46-65(72)76-73(90)52-74-79-81(76)89(59-33-17-8-18-34-59)71-44-24-42-69-78(71)83(79)77-68(87(69)57-29-13-6-14-30-57)41-23-43-70(77)88(74)58-31-15-7-16-32-58/h4-52H,1-3H3/i4D,5D,9D,10D,11D,12D,25D,26D,27D,28D. The quantitative estimate of drug-likeness (QED) is 0.0776. The van der Waals surface area contributed by atoms with Crippen molar-refractivity contribution in [3.8, 4) is 50.9 Å². The Bertz CT molecular complexity index is 5880. The van der Waals surface area contributed by atoms with Crippen LogP contribution >= 0.6 is 0 Å². The number of anilines is 9. The number of hydrogen-bond donors (Lipinski definition) is 0. The third-order valence-electron chi connectivity index (χ3n) is 18.0. The number of para-hydroxylation sites is 6. The maximum atomic E-state index is 9.21. The van der Waals surface area contributed by atoms with Crippen molar-refractivity contribution >= 4 is 107 Å². The summed E-state index contributed by atoms with van der Waals surface area (Å²) in [5.74, 6) is 1.76. The Morgan fingerprint density at radius 2 is 1.00 bits per heavy atom. The lowest BCUT2D eigenvalue weighted by Gasteiger charge is -2.49. The molecule has 8 nitrogen and oxygen atoms in total. The highest BCUT2D eigenvalue weighted by atomic mass is 16.5. The Kier molecular flexibility index (Phi) is 9.67. The van der Waals surface area contributed by atoms with Gasteiger partial charge in [0.15, 0.2) is 0 Å². The van der Waals surface area contributed by atoms with Gasteiger partial charge in [-0.2, -0.15) is 0 Å². The zero-order valence-corrected chi connectivity index (χ0v) is 49.6. The Hall–Kier alpha value is -11.7. The number of pyridine rings is 1. The molecule has 3 aliphatic rings. The molecule has 430 valence electrons. The summed E-state index contributed by atoms with van der Waals surface area (Å²) in [5, 5.41) is 2.03. The number of aromatic nitrogens is 4. The van der Waals surface area contributed by atoms with Crippen molar-refractivity contribution in [2.45, 2.75) is 26.2 Å². The molecule has 0 fully saturated rings. The molecule has 0 N–H and O–H groups in total. The van der Waals surface area contributed by atoms with E-state index in [1.807, 2.05) is 65.4 Å². The molecule has 18 rings (SSSR count). The molecule has 0 saturated heterocycles. The van der Waals surface area contributed by atoms with Gasteiger partial charge in [0.25, 0.3) is 13.0 Å². The normalized spacial score (nSPS) is 14.5. The molecule has 9 heteroatoms. The molecule has 0 atom stereocenters. The summed E-state index contributed by atoms with van der Waals surface area (Å²) in [4.78, 5) is 12.6. The third-order valence-corrected chi connectivity index (χ3v) is 18.0. The second-order valence-corrected chi connectivity index (χ2v) is 24.1. The number of rotatable bonds is 10. The van der Waals surface area contributed by atoms with Gasteiger partial charge in [0.1, 0.15) is 17.3 Å². The van der Waals surface area contributed by atoms with Crippen molar-refractivity contribution in [1.82, 2.24) is 14.1 Å². The molecule has 0 radical (unpaired) electrons. The van der Waals surface area contributed by atoms with Gasteiger partial charge in [-0.3, -0.25) is 13.7 Å². The molecule has 3 aliphatic heterocycles. The largest absolute Gasteiger partial charge is 0.458 e. The molecule has 3 aromatic heterocycles. The predicted octanol–water partition coefficient (Wildman–Crippen LogP) is 18.5. The highest BCUT2D eigenvalue weighted by Crippen LogP contribution is 2.54. The molecule has 6 heterocycles. The smallest absolute Gasteiger partial charge is 0.269 e. The van der Waals surface area contributed by atoms with Gasteiger partial charge in [-0.05, 0) is 159 Å². The summed E-state index contributed by atoms with van der Waals surface area (Å²) in [7, 11) is 0. The van der Waals surface area contributed by atoms with Crippen molar-refractivity contribution in [2.24, 2.45) is 0 Å². The van der Waals surface area contributed by atoms with E-state index in [2.05, 4.69) is 204 Å². The molecule has 15 aromatic rings. The van der Waals surface area contributed by atoms with Gasteiger partial charge >= 0.3 is 0 Å². The lowest BCUT2D eigenvalue weighted by molar-refractivity contribution is -0.571. The van der Waals surface area contributed by atoms with Gasteiger partial charge in [-0.25, -0.2) is 4.98 Å². The van der Waals surface area contributed by atoms with E-state index in [-0.39, 0.29) is 40.1 Å². The Morgan fingerprint density at radius 3 is 1.63 bits per heavy atom. The summed E-state index contributed by atoms with van der Waals surface area (Å²) < 4.78 is 102. The van der Waals surface area contributed by atoms with Crippen LogP contribution in [0.4, 0.5) is 51.2 Å². The molecule has 0 saturated carbocycles. The summed E-state index contributed by atoms with van der Waals surface area (Å²) in [6.45, 7) is 6.47. The van der Waals surface area contributed by atoms with Crippen LogP contribution in [0.1, 0.15) is 40.0 Å². The average Bonchev–Trinajstić information content (AvgIpc) is 1.64. The fourth-order valence-electron chi connectivity index (χ4n) is 14.2. The average molecular weight is 1180 g/mol. The topological polar surface area (TPSA) is 45.6 Å². The molecule has 0 amide bonds. The number of hydrogen-bond acceptors (Lipinski definition) is 5. The van der Waals surface area contributed by atoms with Crippen LogP contribution < -0.4 is 40.4 Å². The fraction of sp³-hybridized carbons (Fsp3) is 0.0488. The van der Waals surface area contributed by atoms with Gasteiger partial charge in [0.2, 0.25) is 0 Å². The van der Waals surface area contributed by atoms with Crippen molar-refractivity contribution in [3.05, 3.63) is 309 Å². The summed E-state index contributed by atoms with van der Waals surface area (Å²) >= 11 is 0. The van der Waals surface area contributed by atoms with Crippen LogP contribution in [-0.2, 0) is 5.41 Å². The van der Waals surface area contributed by atoms with Crippen LogP contribution in [0.2, 0.25) is 0 Å². The van der Waals surface area contributed by atoms with Crippen LogP contribution in [0.25, 0.3) is 72.3 Å². The molecule has 91 heavy (non-hydrogen) atoms. The Balaban J connectivity index is 0.855. The van der Waals surface area contributed by atoms with E-state index in [0.29, 0.717) is 28.2 Å². The summed E-state index contributed by atoms with van der Waals surface area (Å²) in [6, 6.07) is 73.0. The van der Waals surface area contributed by atoms with E-state index in [9.17, 15) is 5.48 Å². The van der Waals surface area contributed by atoms with Crippen LogP contribution in [-0.4, -0.2) is 20.8 Å². The molecule has 0 spiro atoms. The van der Waals surface area contributed by atoms with Gasteiger partial charge in [0.05, 0.1) is 52.8 Å². The second kappa shape index (κ2) is 20.5. The van der Waals surface area contributed by atoms with E-state index < -0.39 is 60.4 Å². The lowest BCUT2D eigenvalue weighted by atomic mass is 9.31. The van der Waals surface area contributed by atoms with Crippen LogP contribution in [0.3, 0.4) is 0 Å². The van der Waals surface area contributed by atoms with Gasteiger partial charge in [-0.15, -0.1) is 0 Å². The van der Waals surface area contributed by atoms with Crippen LogP contribution in [0.5, 0.6) is 11.5 Å². The predicted molar refractivity (Wildman–Crippen MR) is 374 cm³/mol. The number of nitrogens with zero attached hydrogens (tertiary/aromatic N) is 7. The zero-order chi connectivity index (χ0) is 69.2. The van der Waals surface area contributed by atoms with Gasteiger partial charge < -0.3 is 19.4 Å². The molecule has 0 unspecified atom stereocenters. The lowest BCUT2D eigenvalue weighted by Crippen LogP contribution is -2.64. The number of imidazole rings is 1. The maximum absolute atomic E-state index is 9.21. The van der Waals surface area contributed by atoms with Crippen molar-refractivity contribution < 1.29 is 23.0 Å². The van der Waals surface area contributed by atoms with Crippen molar-refractivity contribution in [1.29, 1.82) is 0 Å². The third kappa shape index (κ3) is 8.17. The summed E-state index contributed by atoms with van der Waals surface area (Å²) in [6.07, 6.45) is 5.43. The van der Waals surface area contributed by atoms with E-state index in [1.165, 1.54) is 16.4 Å². The van der Waals surface area contributed by atoms with Gasteiger partial charge in [0, 0.05) is 68.5 Å². The van der Waals surface area contributed by atoms with Crippen molar-refractivity contribution in [2.75, 3.05) is 14.7 Å². The van der Waals surface area contributed by atoms with Crippen LogP contribution in [0.15, 0.2) is 297 Å². The van der Waals surface area contributed by atoms with Crippen LogP contribution in [0, 0.1) is 6.33 Å². The Morgan fingerprint density at radius 1 is 0.462 bits per heavy atom. The first-order valence-corrected chi connectivity index (χ1v) is 30.4. The highest BCUT2D eigenvalue weighted by Gasteiger charge is 2.50. The molecule has 0 aliphatic carbocycles. The minimum Gasteiger partial charge on any atom is -0.458 e. The second-order valence-electron chi connectivity index (χ2n) is 24.1. The molecular weight excluding hydrogens is 1110 g/mol. The monoisotopic (exact) mass is 1180 g/mol. The number of ether oxygens (including phenoxy) is 1. The molecular formula is C82H58BN7O. The Labute approximate surface area is 542 Å². The first-order valence-electron chi connectivity index (χ1n) is 35.4. The molecule has 0 bridgehead atoms. The highest BCUT2D eigenvalue weighted by molar-refractivity contribution is 7.03. The first kappa shape index (κ1) is 43.0. The van der Waals surface area contributed by atoms with E-state index in [1.54, 1.807) is 22.8 Å². The first-order chi connectivity index (χ1) is 49.0. The fourth-order valence-corrected chi connectivity index (χ4v) is 14.2. The maximum Gasteiger partial charge on any atom is 0.269 e. The minimum atomic E-state index is -0.576. The molecule has 12 aromatic carbocycles. The SMILES string of the molecule is [2H]c1c([2H])c([2H])c(-c2cccc(-c3c([2H])c([2H])c([2H])c([2H])c3[2H])c2-[n+]2[c-]n(-c3cccc(Oc4ccc5c6c7c8c(cc6n(-c6cc(C(C)(C)C)ccn6)c5c4)N(c4ccccc4)c4cccc5c4B8c4c(cccc4N7c4ccccc4)N5c4ccccc4)c3)c3ccccc32)c([2H])c1[2H]. The van der Waals surface area contributed by atoms with Crippen molar-refractivity contribution in [3.63, 3.8) is 0 Å². The van der Waals surface area contributed by atoms with Gasteiger partial charge in [-0.1, -0.05) is 196 Å². The minimum absolute atomic E-state index is 0.142. The van der Waals surface area contributed by atoms with E-state index in [0.717, 1.165) is 84.4 Å². The summed E-state index contributed by atoms with van der Waals surface area (Å²) in [5.41, 5.74) is 17.9. The van der Waals surface area contributed by atoms with E-state index >= 15 is 0 Å². The number of fused-ring (bicyclic) bond motifs is 5.